The highest BCUT2D eigenvalue weighted by Crippen LogP contribution is 2.40. The van der Waals surface area contributed by atoms with Crippen molar-refractivity contribution in [2.45, 2.75) is 45.8 Å². The summed E-state index contributed by atoms with van der Waals surface area (Å²) in [5, 5.41) is 27.9. The Labute approximate surface area is 320 Å². The van der Waals surface area contributed by atoms with Crippen molar-refractivity contribution in [1.29, 1.82) is 0 Å². The lowest BCUT2D eigenvalue weighted by Crippen LogP contribution is -2.33. The molecule has 0 saturated heterocycles. The second kappa shape index (κ2) is 21.3. The third-order valence-electron chi connectivity index (χ3n) is 8.21. The molecule has 1 heterocycles. The highest BCUT2D eigenvalue weighted by atomic mass is 16.6. The average molecular weight is 764 g/mol. The van der Waals surface area contributed by atoms with Crippen LogP contribution in [0.5, 0.6) is 23.0 Å². The molecular weight excluding hydrogens is 714 g/mol. The number of allylic oxidation sites excluding steroid dienone is 2. The molecule has 1 aliphatic heterocycles. The highest BCUT2D eigenvalue weighted by molar-refractivity contribution is 5.99. The zero-order valence-corrected chi connectivity index (χ0v) is 31.7. The lowest BCUT2D eigenvalue weighted by atomic mass is 9.80. The van der Waals surface area contributed by atoms with Crippen molar-refractivity contribution in [1.82, 2.24) is 10.6 Å². The van der Waals surface area contributed by atoms with Gasteiger partial charge in [-0.1, -0.05) is 12.1 Å². The lowest BCUT2D eigenvalue weighted by Gasteiger charge is -2.30. The van der Waals surface area contributed by atoms with Gasteiger partial charge in [-0.25, -0.2) is 9.59 Å². The van der Waals surface area contributed by atoms with E-state index in [1.165, 1.54) is 25.3 Å². The van der Waals surface area contributed by atoms with E-state index in [2.05, 4.69) is 10.6 Å². The van der Waals surface area contributed by atoms with Crippen LogP contribution >= 0.6 is 0 Å². The zero-order valence-electron chi connectivity index (χ0n) is 31.7. The van der Waals surface area contributed by atoms with Crippen molar-refractivity contribution in [2.24, 2.45) is 0 Å². The summed E-state index contributed by atoms with van der Waals surface area (Å²) in [7, 11) is 1.22. The maximum absolute atomic E-state index is 13.4. The summed E-state index contributed by atoms with van der Waals surface area (Å²) in [6, 6.07) is 19.9. The molecule has 3 aromatic carbocycles. The summed E-state index contributed by atoms with van der Waals surface area (Å²) < 4.78 is 38.8. The van der Waals surface area contributed by atoms with Gasteiger partial charge in [0.25, 0.3) is 5.69 Å². The molecule has 0 fully saturated rings. The van der Waals surface area contributed by atoms with Crippen LogP contribution in [0.25, 0.3) is 0 Å². The van der Waals surface area contributed by atoms with Crippen molar-refractivity contribution in [2.75, 3.05) is 59.8 Å². The Morgan fingerprint density at radius 2 is 1.35 bits per heavy atom. The van der Waals surface area contributed by atoms with E-state index >= 15 is 0 Å². The minimum atomic E-state index is -0.959. The van der Waals surface area contributed by atoms with Gasteiger partial charge in [0.1, 0.15) is 62.1 Å². The first-order chi connectivity index (χ1) is 26.5. The molecule has 0 amide bonds. The molecule has 0 spiro atoms. The number of dihydropyridines is 1. The number of carbonyl (C=O) groups is 2. The monoisotopic (exact) mass is 763 g/mol. The van der Waals surface area contributed by atoms with Crippen LogP contribution in [0.4, 0.5) is 5.69 Å². The number of aliphatic hydroxyl groups excluding tert-OH is 1. The van der Waals surface area contributed by atoms with Crippen LogP contribution in [0.15, 0.2) is 95.3 Å². The molecule has 296 valence electrons. The second-order valence-corrected chi connectivity index (χ2v) is 12.7. The van der Waals surface area contributed by atoms with Crippen molar-refractivity contribution in [3.05, 3.63) is 111 Å². The number of carbonyl (C=O) groups excluding carboxylic acids is 2. The van der Waals surface area contributed by atoms with Crippen LogP contribution in [-0.4, -0.2) is 94.0 Å². The van der Waals surface area contributed by atoms with E-state index in [4.69, 9.17) is 33.2 Å². The molecule has 2 unspecified atom stereocenters. The van der Waals surface area contributed by atoms with Crippen LogP contribution in [0.1, 0.15) is 39.2 Å². The first kappa shape index (κ1) is 42.1. The Kier molecular flexibility index (Phi) is 16.3. The first-order valence-electron chi connectivity index (χ1n) is 17.9. The minimum absolute atomic E-state index is 0.0377. The van der Waals surface area contributed by atoms with Crippen LogP contribution in [0.3, 0.4) is 0 Å². The molecule has 2 atom stereocenters. The van der Waals surface area contributed by atoms with Gasteiger partial charge in [0.05, 0.1) is 41.8 Å². The highest BCUT2D eigenvalue weighted by Gasteiger charge is 2.38. The van der Waals surface area contributed by atoms with E-state index in [-0.39, 0.29) is 42.8 Å². The van der Waals surface area contributed by atoms with Crippen LogP contribution in [0, 0.1) is 10.1 Å². The molecule has 0 aromatic heterocycles. The smallest absolute Gasteiger partial charge is 0.336 e. The van der Waals surface area contributed by atoms with Gasteiger partial charge in [0.15, 0.2) is 0 Å². The quantitative estimate of drug-likeness (QED) is 0.0547. The van der Waals surface area contributed by atoms with Crippen molar-refractivity contribution in [3.8, 4) is 23.0 Å². The van der Waals surface area contributed by atoms with E-state index < -0.39 is 28.9 Å². The summed E-state index contributed by atoms with van der Waals surface area (Å²) in [5.74, 6) is 0.138. The summed E-state index contributed by atoms with van der Waals surface area (Å²) in [4.78, 5) is 37.2. The van der Waals surface area contributed by atoms with Crippen molar-refractivity contribution in [3.63, 3.8) is 0 Å². The molecule has 15 heteroatoms. The molecule has 0 aliphatic carbocycles. The molecule has 1 aliphatic rings. The van der Waals surface area contributed by atoms with Gasteiger partial charge < -0.3 is 48.9 Å². The number of methoxy groups -OCH3 is 1. The number of esters is 2. The number of non-ortho nitro benzene ring substituents is 1. The van der Waals surface area contributed by atoms with Gasteiger partial charge in [0, 0.05) is 36.6 Å². The maximum Gasteiger partial charge on any atom is 0.336 e. The van der Waals surface area contributed by atoms with E-state index in [0.717, 1.165) is 0 Å². The second-order valence-electron chi connectivity index (χ2n) is 12.7. The Morgan fingerprint density at radius 1 is 0.800 bits per heavy atom. The van der Waals surface area contributed by atoms with Gasteiger partial charge in [0.2, 0.25) is 0 Å². The number of nitro groups is 1. The number of hydrogen-bond acceptors (Lipinski definition) is 14. The van der Waals surface area contributed by atoms with E-state index in [1.807, 2.05) is 26.0 Å². The van der Waals surface area contributed by atoms with Crippen molar-refractivity contribution >= 4 is 17.6 Å². The number of aliphatic hydroxyl groups is 1. The van der Waals surface area contributed by atoms with Crippen LogP contribution in [0.2, 0.25) is 0 Å². The fourth-order valence-electron chi connectivity index (χ4n) is 5.64. The standard InChI is InChI=1S/C40H49N3O12/c1-26(2)50-19-20-52-34-13-15-35(16-14-34)55-25-31(44)24-41-17-18-51-32-9-11-33(12-10-32)53-21-22-54-40(46)37-28(4)42-27(3)36(39(45)49-5)38(37)29-7-6-8-30(23-29)43(47)48/h6-16,23,26,31,38,41-42,44H,17-22,24-25H2,1-5H3. The van der Waals surface area contributed by atoms with Gasteiger partial charge in [-0.15, -0.1) is 0 Å². The minimum Gasteiger partial charge on any atom is -0.492 e. The predicted octanol–water partition coefficient (Wildman–Crippen LogP) is 4.84. The van der Waals surface area contributed by atoms with Gasteiger partial charge >= 0.3 is 11.9 Å². The topological polar surface area (TPSA) is 186 Å². The summed E-state index contributed by atoms with van der Waals surface area (Å²) in [6.07, 6.45) is -0.554. The third-order valence-corrected chi connectivity index (χ3v) is 8.21. The molecule has 0 radical (unpaired) electrons. The molecule has 0 saturated carbocycles. The summed E-state index contributed by atoms with van der Waals surface area (Å²) >= 11 is 0. The number of nitrogens with zero attached hydrogens (tertiary/aromatic N) is 1. The largest absolute Gasteiger partial charge is 0.492 e. The fourth-order valence-corrected chi connectivity index (χ4v) is 5.64. The zero-order chi connectivity index (χ0) is 39.7. The normalized spacial score (nSPS) is 14.6. The van der Waals surface area contributed by atoms with Crippen LogP contribution in [-0.2, 0) is 23.8 Å². The Balaban J connectivity index is 1.16. The predicted molar refractivity (Wildman–Crippen MR) is 202 cm³/mol. The number of nitro benzene ring substituents is 1. The van der Waals surface area contributed by atoms with Gasteiger partial charge in [-0.3, -0.25) is 10.1 Å². The van der Waals surface area contributed by atoms with Gasteiger partial charge in [-0.2, -0.15) is 0 Å². The van der Waals surface area contributed by atoms with E-state index in [0.29, 0.717) is 72.9 Å². The summed E-state index contributed by atoms with van der Waals surface area (Å²) in [5.41, 5.74) is 1.35. The fraction of sp³-hybridized carbons (Fsp3) is 0.400. The Bertz CT molecular complexity index is 1790. The molecule has 3 aromatic rings. The van der Waals surface area contributed by atoms with Crippen molar-refractivity contribution < 1.29 is 52.8 Å². The lowest BCUT2D eigenvalue weighted by molar-refractivity contribution is -0.384. The molecule has 15 nitrogen and oxygen atoms in total. The number of ether oxygens (including phenoxy) is 7. The molecule has 3 N–H and O–H groups in total. The molecule has 4 rings (SSSR count). The maximum atomic E-state index is 13.4. The Hall–Kier alpha value is -5.64. The number of nitrogens with one attached hydrogen (secondary N) is 2. The van der Waals surface area contributed by atoms with Gasteiger partial charge in [-0.05, 0) is 81.8 Å². The number of rotatable bonds is 22. The van der Waals surface area contributed by atoms with E-state index in [1.54, 1.807) is 56.3 Å². The molecular formula is C40H49N3O12. The molecule has 55 heavy (non-hydrogen) atoms. The van der Waals surface area contributed by atoms with E-state index in [9.17, 15) is 24.8 Å². The SMILES string of the molecule is COC(=O)C1=C(C)NC(C)=C(C(=O)OCCOc2ccc(OCCNCC(O)COc3ccc(OCCOC(C)C)cc3)cc2)C1c1cccc([N+](=O)[O-])c1. The van der Waals surface area contributed by atoms with Crippen LogP contribution < -0.4 is 29.6 Å². The number of hydrogen-bond donors (Lipinski definition) is 3. The Morgan fingerprint density at radius 3 is 1.91 bits per heavy atom. The first-order valence-corrected chi connectivity index (χ1v) is 17.9. The third kappa shape index (κ3) is 13.0. The molecule has 0 bridgehead atoms. The summed E-state index contributed by atoms with van der Waals surface area (Å²) in [6.45, 7) is 9.49. The number of benzene rings is 3. The average Bonchev–Trinajstić information content (AvgIpc) is 3.17.